The summed E-state index contributed by atoms with van der Waals surface area (Å²) < 4.78 is 6.66. The molecule has 106 valence electrons. The maximum absolute atomic E-state index is 12.0. The molecular formula is C13H18ClIN2O2. The number of ether oxygens (including phenoxy) is 1. The Balaban J connectivity index is 0.00000180. The van der Waals surface area contributed by atoms with E-state index in [9.17, 15) is 4.79 Å². The SMILES string of the molecule is CC1CNCCN1C(=O)COc1ccc(I)cc1.Cl. The lowest BCUT2D eigenvalue weighted by atomic mass is 10.2. The standard InChI is InChI=1S/C13H17IN2O2.ClH/c1-10-8-15-6-7-16(10)13(17)9-18-12-4-2-11(14)3-5-12;/h2-5,10,15H,6-9H2,1H3;1H. The third kappa shape index (κ3) is 4.81. The van der Waals surface area contributed by atoms with Gasteiger partial charge in [-0.25, -0.2) is 0 Å². The van der Waals surface area contributed by atoms with E-state index in [0.29, 0.717) is 0 Å². The Labute approximate surface area is 133 Å². The molecule has 1 saturated heterocycles. The molecule has 0 radical (unpaired) electrons. The van der Waals surface area contributed by atoms with Gasteiger partial charge >= 0.3 is 0 Å². The fourth-order valence-corrected chi connectivity index (χ4v) is 2.33. The predicted octanol–water partition coefficient (Wildman–Crippen LogP) is 1.91. The van der Waals surface area contributed by atoms with Crippen LogP contribution >= 0.6 is 35.0 Å². The average molecular weight is 397 g/mol. The van der Waals surface area contributed by atoms with E-state index in [1.54, 1.807) is 0 Å². The van der Waals surface area contributed by atoms with Gasteiger partial charge in [0.15, 0.2) is 6.61 Å². The number of nitrogens with zero attached hydrogens (tertiary/aromatic N) is 1. The summed E-state index contributed by atoms with van der Waals surface area (Å²) in [6.07, 6.45) is 0. The summed E-state index contributed by atoms with van der Waals surface area (Å²) in [5.41, 5.74) is 0. The first-order valence-corrected chi connectivity index (χ1v) is 7.13. The Morgan fingerprint density at radius 3 is 2.79 bits per heavy atom. The average Bonchev–Trinajstić information content (AvgIpc) is 2.38. The fourth-order valence-electron chi connectivity index (χ4n) is 1.97. The molecule has 19 heavy (non-hydrogen) atoms. The second-order valence-electron chi connectivity index (χ2n) is 4.38. The largest absolute Gasteiger partial charge is 0.484 e. The van der Waals surface area contributed by atoms with Gasteiger partial charge in [0.1, 0.15) is 5.75 Å². The minimum atomic E-state index is 0. The Morgan fingerprint density at radius 2 is 2.16 bits per heavy atom. The minimum Gasteiger partial charge on any atom is -0.484 e. The molecule has 2 rings (SSSR count). The van der Waals surface area contributed by atoms with Crippen LogP contribution in [-0.4, -0.2) is 43.1 Å². The number of halogens is 2. The highest BCUT2D eigenvalue weighted by molar-refractivity contribution is 14.1. The van der Waals surface area contributed by atoms with Gasteiger partial charge in [-0.05, 0) is 53.8 Å². The van der Waals surface area contributed by atoms with Crippen molar-refractivity contribution in [2.75, 3.05) is 26.2 Å². The molecule has 6 heteroatoms. The van der Waals surface area contributed by atoms with Crippen molar-refractivity contribution >= 4 is 40.9 Å². The van der Waals surface area contributed by atoms with Crippen LogP contribution in [0.3, 0.4) is 0 Å². The number of hydrogen-bond acceptors (Lipinski definition) is 3. The number of benzene rings is 1. The van der Waals surface area contributed by atoms with Crippen LogP contribution in [0.2, 0.25) is 0 Å². The van der Waals surface area contributed by atoms with E-state index in [1.807, 2.05) is 29.2 Å². The molecular weight excluding hydrogens is 379 g/mol. The fraction of sp³-hybridized carbons (Fsp3) is 0.462. The maximum Gasteiger partial charge on any atom is 0.260 e. The molecule has 1 fully saturated rings. The Morgan fingerprint density at radius 1 is 1.47 bits per heavy atom. The van der Waals surface area contributed by atoms with Crippen LogP contribution in [0, 0.1) is 3.57 Å². The predicted molar refractivity (Wildman–Crippen MR) is 85.9 cm³/mol. The van der Waals surface area contributed by atoms with E-state index < -0.39 is 0 Å². The number of amides is 1. The van der Waals surface area contributed by atoms with Crippen molar-refractivity contribution in [2.24, 2.45) is 0 Å². The minimum absolute atomic E-state index is 0. The number of hydrogen-bond donors (Lipinski definition) is 1. The molecule has 1 amide bonds. The van der Waals surface area contributed by atoms with Gasteiger partial charge in [-0.2, -0.15) is 0 Å². The summed E-state index contributed by atoms with van der Waals surface area (Å²) >= 11 is 2.24. The molecule has 1 aromatic carbocycles. The van der Waals surface area contributed by atoms with Crippen LogP contribution in [0.15, 0.2) is 24.3 Å². The van der Waals surface area contributed by atoms with Gasteiger partial charge in [0.2, 0.25) is 0 Å². The molecule has 1 aliphatic rings. The van der Waals surface area contributed by atoms with Crippen molar-refractivity contribution in [3.8, 4) is 5.75 Å². The Bertz CT molecular complexity index is 414. The lowest BCUT2D eigenvalue weighted by molar-refractivity contribution is -0.136. The van der Waals surface area contributed by atoms with Gasteiger partial charge in [-0.15, -0.1) is 12.4 Å². The summed E-state index contributed by atoms with van der Waals surface area (Å²) in [5.74, 6) is 0.800. The van der Waals surface area contributed by atoms with Crippen LogP contribution in [0.1, 0.15) is 6.92 Å². The van der Waals surface area contributed by atoms with Crippen LogP contribution in [0.4, 0.5) is 0 Å². The zero-order valence-electron chi connectivity index (χ0n) is 10.8. The quantitative estimate of drug-likeness (QED) is 0.794. The summed E-state index contributed by atoms with van der Waals surface area (Å²) in [6, 6.07) is 7.94. The third-order valence-electron chi connectivity index (χ3n) is 3.00. The molecule has 0 aromatic heterocycles. The van der Waals surface area contributed by atoms with Gasteiger partial charge in [-0.1, -0.05) is 0 Å². The molecule has 1 aliphatic heterocycles. The number of carbonyl (C=O) groups is 1. The monoisotopic (exact) mass is 396 g/mol. The molecule has 0 saturated carbocycles. The normalized spacial score (nSPS) is 18.6. The molecule has 0 aliphatic carbocycles. The van der Waals surface area contributed by atoms with E-state index >= 15 is 0 Å². The Hall–Kier alpha value is -0.530. The van der Waals surface area contributed by atoms with Crippen LogP contribution < -0.4 is 10.1 Å². The molecule has 4 nitrogen and oxygen atoms in total. The van der Waals surface area contributed by atoms with Crippen LogP contribution in [0.25, 0.3) is 0 Å². The molecule has 0 bridgehead atoms. The van der Waals surface area contributed by atoms with Crippen molar-refractivity contribution in [3.63, 3.8) is 0 Å². The topological polar surface area (TPSA) is 41.6 Å². The molecule has 1 atom stereocenters. The first kappa shape index (κ1) is 16.5. The highest BCUT2D eigenvalue weighted by Gasteiger charge is 2.22. The summed E-state index contributed by atoms with van der Waals surface area (Å²) in [6.45, 7) is 4.64. The summed E-state index contributed by atoms with van der Waals surface area (Å²) in [4.78, 5) is 13.9. The zero-order valence-corrected chi connectivity index (χ0v) is 13.7. The molecule has 1 aromatic rings. The molecule has 1 N–H and O–H groups in total. The van der Waals surface area contributed by atoms with Gasteiger partial charge in [0.05, 0.1) is 0 Å². The zero-order chi connectivity index (χ0) is 13.0. The van der Waals surface area contributed by atoms with Crippen LogP contribution in [0.5, 0.6) is 5.75 Å². The highest BCUT2D eigenvalue weighted by atomic mass is 127. The molecule has 0 spiro atoms. The van der Waals surface area contributed by atoms with Gasteiger partial charge in [-0.3, -0.25) is 4.79 Å². The molecule has 1 heterocycles. The highest BCUT2D eigenvalue weighted by Crippen LogP contribution is 2.13. The van der Waals surface area contributed by atoms with E-state index in [2.05, 4.69) is 34.8 Å². The van der Waals surface area contributed by atoms with Gasteiger partial charge in [0.25, 0.3) is 5.91 Å². The summed E-state index contributed by atoms with van der Waals surface area (Å²) in [7, 11) is 0. The van der Waals surface area contributed by atoms with Crippen molar-refractivity contribution < 1.29 is 9.53 Å². The van der Waals surface area contributed by atoms with E-state index in [4.69, 9.17) is 4.74 Å². The maximum atomic E-state index is 12.0. The van der Waals surface area contributed by atoms with E-state index in [0.717, 1.165) is 29.0 Å². The Kier molecular flexibility index (Phi) is 6.88. The van der Waals surface area contributed by atoms with Gasteiger partial charge < -0.3 is 15.0 Å². The van der Waals surface area contributed by atoms with E-state index in [-0.39, 0.29) is 31.0 Å². The number of piperazine rings is 1. The van der Waals surface area contributed by atoms with Crippen molar-refractivity contribution in [3.05, 3.63) is 27.8 Å². The number of carbonyl (C=O) groups excluding carboxylic acids is 1. The van der Waals surface area contributed by atoms with Crippen molar-refractivity contribution in [2.45, 2.75) is 13.0 Å². The number of rotatable bonds is 3. The van der Waals surface area contributed by atoms with Crippen molar-refractivity contribution in [1.29, 1.82) is 0 Å². The molecule has 1 unspecified atom stereocenters. The number of nitrogens with one attached hydrogen (secondary N) is 1. The second kappa shape index (κ2) is 7.91. The lowest BCUT2D eigenvalue weighted by Crippen LogP contribution is -2.53. The third-order valence-corrected chi connectivity index (χ3v) is 3.72. The smallest absolute Gasteiger partial charge is 0.260 e. The van der Waals surface area contributed by atoms with Gasteiger partial charge in [0, 0.05) is 29.2 Å². The second-order valence-corrected chi connectivity index (χ2v) is 5.63. The first-order valence-electron chi connectivity index (χ1n) is 6.05. The van der Waals surface area contributed by atoms with Crippen LogP contribution in [-0.2, 0) is 4.79 Å². The van der Waals surface area contributed by atoms with E-state index in [1.165, 1.54) is 0 Å². The van der Waals surface area contributed by atoms with Crippen molar-refractivity contribution in [1.82, 2.24) is 10.2 Å². The first-order chi connectivity index (χ1) is 8.66. The lowest BCUT2D eigenvalue weighted by Gasteiger charge is -2.33. The summed E-state index contributed by atoms with van der Waals surface area (Å²) in [5, 5.41) is 3.26.